The molecule has 0 unspecified atom stereocenters. The van der Waals surface area contributed by atoms with Crippen molar-refractivity contribution in [3.8, 4) is 0 Å². The molecule has 5 atom stereocenters. The third kappa shape index (κ3) is 5.76. The molecule has 0 aromatic heterocycles. The first kappa shape index (κ1) is 26.1. The van der Waals surface area contributed by atoms with E-state index in [-0.39, 0.29) is 48.6 Å². The molecule has 2 aromatic rings. The molecular formula is C27H40O5Si. The monoisotopic (exact) mass is 472 g/mol. The maximum absolute atomic E-state index is 9.46. The maximum atomic E-state index is 9.46. The Morgan fingerprint density at radius 2 is 1.52 bits per heavy atom. The normalized spacial score (nSPS) is 21.4. The first-order chi connectivity index (χ1) is 15.8. The summed E-state index contributed by atoms with van der Waals surface area (Å²) in [5, 5.41) is 11.9. The highest BCUT2D eigenvalue weighted by molar-refractivity contribution is 6.99. The smallest absolute Gasteiger partial charge is 0.261 e. The summed E-state index contributed by atoms with van der Waals surface area (Å²) in [6.07, 6.45) is -0.199. The predicted molar refractivity (Wildman–Crippen MR) is 134 cm³/mol. The average Bonchev–Trinajstić information content (AvgIpc) is 3.60. The second kappa shape index (κ2) is 11.3. The molecule has 6 heteroatoms. The molecule has 1 fully saturated rings. The number of rotatable bonds is 12. The van der Waals surface area contributed by atoms with Gasteiger partial charge in [-0.3, -0.25) is 0 Å². The lowest BCUT2D eigenvalue weighted by Crippen LogP contribution is -2.67. The van der Waals surface area contributed by atoms with Crippen LogP contribution in [0, 0.1) is 11.8 Å². The van der Waals surface area contributed by atoms with Gasteiger partial charge >= 0.3 is 0 Å². The van der Waals surface area contributed by atoms with Crippen LogP contribution in [0.4, 0.5) is 0 Å². The van der Waals surface area contributed by atoms with Crippen LogP contribution in [0.5, 0.6) is 0 Å². The van der Waals surface area contributed by atoms with Crippen LogP contribution in [0.15, 0.2) is 60.7 Å². The van der Waals surface area contributed by atoms with E-state index < -0.39 is 8.32 Å². The van der Waals surface area contributed by atoms with Crippen LogP contribution in [0.25, 0.3) is 0 Å². The lowest BCUT2D eigenvalue weighted by Gasteiger charge is -2.44. The van der Waals surface area contributed by atoms with Crippen LogP contribution in [-0.4, -0.2) is 58.9 Å². The lowest BCUT2D eigenvalue weighted by molar-refractivity contribution is -0.115. The van der Waals surface area contributed by atoms with E-state index in [4.69, 9.17) is 18.6 Å². The molecule has 5 nitrogen and oxygen atoms in total. The number of methoxy groups -OCH3 is 1. The van der Waals surface area contributed by atoms with Gasteiger partial charge in [-0.15, -0.1) is 0 Å². The highest BCUT2D eigenvalue weighted by Crippen LogP contribution is 2.38. The molecule has 0 bridgehead atoms. The molecule has 0 radical (unpaired) electrons. The number of epoxide rings is 1. The van der Waals surface area contributed by atoms with Crippen molar-refractivity contribution >= 4 is 18.7 Å². The molecular weight excluding hydrogens is 432 g/mol. The summed E-state index contributed by atoms with van der Waals surface area (Å²) in [4.78, 5) is 0. The minimum atomic E-state index is -2.61. The van der Waals surface area contributed by atoms with E-state index >= 15 is 0 Å². The second-order valence-corrected chi connectivity index (χ2v) is 14.5. The molecule has 0 aliphatic carbocycles. The van der Waals surface area contributed by atoms with Gasteiger partial charge in [-0.1, -0.05) is 95.3 Å². The van der Waals surface area contributed by atoms with Crippen molar-refractivity contribution in [2.75, 3.05) is 27.1 Å². The highest BCUT2D eigenvalue weighted by Gasteiger charge is 2.51. The van der Waals surface area contributed by atoms with Crippen molar-refractivity contribution in [3.05, 3.63) is 60.7 Å². The van der Waals surface area contributed by atoms with Gasteiger partial charge < -0.3 is 23.7 Å². The molecule has 1 saturated heterocycles. The predicted octanol–water partition coefficient (Wildman–Crippen LogP) is 3.58. The quantitative estimate of drug-likeness (QED) is 0.291. The molecule has 1 heterocycles. The Morgan fingerprint density at radius 3 is 1.94 bits per heavy atom. The zero-order chi connectivity index (χ0) is 24.1. The Bertz CT molecular complexity index is 799. The Kier molecular flexibility index (Phi) is 8.89. The lowest BCUT2D eigenvalue weighted by atomic mass is 9.90. The maximum Gasteiger partial charge on any atom is 0.261 e. The van der Waals surface area contributed by atoms with E-state index in [9.17, 15) is 5.11 Å². The fourth-order valence-corrected chi connectivity index (χ4v) is 9.71. The third-order valence-electron chi connectivity index (χ3n) is 6.76. The van der Waals surface area contributed by atoms with Gasteiger partial charge in [0.1, 0.15) is 12.9 Å². The molecule has 0 amide bonds. The molecule has 1 N–H and O–H groups in total. The average molecular weight is 473 g/mol. The summed E-state index contributed by atoms with van der Waals surface area (Å²) in [6, 6.07) is 21.4. The summed E-state index contributed by atoms with van der Waals surface area (Å²) in [6.45, 7) is 12.0. The van der Waals surface area contributed by atoms with Crippen LogP contribution >= 0.6 is 0 Å². The zero-order valence-electron chi connectivity index (χ0n) is 20.9. The van der Waals surface area contributed by atoms with E-state index in [0.29, 0.717) is 6.61 Å². The number of aliphatic hydroxyl groups excluding tert-OH is 1. The van der Waals surface area contributed by atoms with E-state index in [2.05, 4.69) is 95.3 Å². The first-order valence-corrected chi connectivity index (χ1v) is 13.8. The van der Waals surface area contributed by atoms with Crippen LogP contribution < -0.4 is 10.4 Å². The van der Waals surface area contributed by atoms with Gasteiger partial charge in [-0.2, -0.15) is 0 Å². The molecule has 1 aliphatic heterocycles. The van der Waals surface area contributed by atoms with Crippen molar-refractivity contribution in [3.63, 3.8) is 0 Å². The SMILES string of the molecule is COCO[C@H]([C@@H](C)[C@@H]1O[C@H]1CO)[C@H](C)CO[Si](c1ccccc1)(c1ccccc1)C(C)(C)C. The van der Waals surface area contributed by atoms with Gasteiger partial charge in [0.2, 0.25) is 0 Å². The number of benzene rings is 2. The summed E-state index contributed by atoms with van der Waals surface area (Å²) in [7, 11) is -0.980. The van der Waals surface area contributed by atoms with Crippen molar-refractivity contribution in [2.24, 2.45) is 11.8 Å². The summed E-state index contributed by atoms with van der Waals surface area (Å²) < 4.78 is 24.1. The fraction of sp³-hybridized carbons (Fsp3) is 0.556. The van der Waals surface area contributed by atoms with Gasteiger partial charge in [0, 0.05) is 25.6 Å². The van der Waals surface area contributed by atoms with Gasteiger partial charge in [0.25, 0.3) is 8.32 Å². The minimum absolute atomic E-state index is 0.00664. The molecule has 0 saturated carbocycles. The Labute approximate surface area is 200 Å². The number of aliphatic hydroxyl groups is 1. The Morgan fingerprint density at radius 1 is 0.970 bits per heavy atom. The zero-order valence-corrected chi connectivity index (χ0v) is 21.9. The van der Waals surface area contributed by atoms with Crippen LogP contribution in [0.2, 0.25) is 5.04 Å². The Balaban J connectivity index is 1.91. The van der Waals surface area contributed by atoms with Gasteiger partial charge in [-0.25, -0.2) is 0 Å². The highest BCUT2D eigenvalue weighted by atomic mass is 28.4. The number of hydrogen-bond donors (Lipinski definition) is 1. The van der Waals surface area contributed by atoms with Crippen molar-refractivity contribution < 1.29 is 23.7 Å². The third-order valence-corrected chi connectivity index (χ3v) is 11.8. The van der Waals surface area contributed by atoms with Gasteiger partial charge in [0.05, 0.1) is 18.8 Å². The topological polar surface area (TPSA) is 60.5 Å². The van der Waals surface area contributed by atoms with E-state index in [1.165, 1.54) is 10.4 Å². The van der Waals surface area contributed by atoms with Crippen molar-refractivity contribution in [1.29, 1.82) is 0 Å². The summed E-state index contributed by atoms with van der Waals surface area (Å²) in [5.41, 5.74) is 0. The molecule has 1 aliphatic rings. The summed E-state index contributed by atoms with van der Waals surface area (Å²) >= 11 is 0. The molecule has 33 heavy (non-hydrogen) atoms. The van der Waals surface area contributed by atoms with E-state index in [0.717, 1.165) is 0 Å². The molecule has 0 spiro atoms. The molecule has 182 valence electrons. The van der Waals surface area contributed by atoms with Crippen molar-refractivity contribution in [1.82, 2.24) is 0 Å². The number of ether oxygens (including phenoxy) is 3. The van der Waals surface area contributed by atoms with Gasteiger partial charge in [0.15, 0.2) is 0 Å². The fourth-order valence-electron chi connectivity index (χ4n) is 5.05. The number of hydrogen-bond acceptors (Lipinski definition) is 5. The van der Waals surface area contributed by atoms with E-state index in [1.807, 2.05) is 0 Å². The minimum Gasteiger partial charge on any atom is -0.407 e. The largest absolute Gasteiger partial charge is 0.407 e. The van der Waals surface area contributed by atoms with Crippen LogP contribution in [0.3, 0.4) is 0 Å². The summed E-state index contributed by atoms with van der Waals surface area (Å²) in [5.74, 6) is 0.232. The van der Waals surface area contributed by atoms with Crippen LogP contribution in [0.1, 0.15) is 34.6 Å². The molecule has 3 rings (SSSR count). The Hall–Kier alpha value is -1.54. The second-order valence-electron chi connectivity index (χ2n) is 10.2. The van der Waals surface area contributed by atoms with E-state index in [1.54, 1.807) is 7.11 Å². The first-order valence-electron chi connectivity index (χ1n) is 11.9. The van der Waals surface area contributed by atoms with Crippen LogP contribution in [-0.2, 0) is 18.6 Å². The standard InChI is InChI=1S/C27H40O5Si/c1-20(25(30-19-29-6)21(2)26-24(17-28)32-26)18-31-33(27(3,4)5,22-13-9-7-10-14-22)23-15-11-8-12-16-23/h7-16,20-21,24-26,28H,17-19H2,1-6H3/t20-,21-,24+,25+,26+/m1/s1. The van der Waals surface area contributed by atoms with Crippen molar-refractivity contribution in [2.45, 2.75) is 58.0 Å². The molecule has 2 aromatic carbocycles. The van der Waals surface area contributed by atoms with Gasteiger partial charge in [-0.05, 0) is 15.4 Å².